The Kier molecular flexibility index (Phi) is 2.83. The molecule has 4 nitrogen and oxygen atoms in total. The molecule has 14 heavy (non-hydrogen) atoms. The van der Waals surface area contributed by atoms with Crippen LogP contribution in [-0.2, 0) is 4.79 Å². The number of urea groups is 1. The smallest absolute Gasteiger partial charge is 0.308 e. The third-order valence-electron chi connectivity index (χ3n) is 2.73. The number of carbonyl (C=O) groups excluding carboxylic acids is 2. The number of amides is 3. The van der Waals surface area contributed by atoms with Crippen molar-refractivity contribution in [3.8, 4) is 0 Å². The molecule has 1 aliphatic heterocycles. The minimum atomic E-state index is -0.343. The monoisotopic (exact) mass is 198 g/mol. The van der Waals surface area contributed by atoms with E-state index < -0.39 is 0 Å². The molecule has 1 aliphatic rings. The van der Waals surface area contributed by atoms with Gasteiger partial charge in [-0.1, -0.05) is 13.3 Å². The van der Waals surface area contributed by atoms with E-state index in [1.54, 1.807) is 11.8 Å². The van der Waals surface area contributed by atoms with Gasteiger partial charge < -0.3 is 4.90 Å². The highest BCUT2D eigenvalue weighted by Crippen LogP contribution is 2.26. The lowest BCUT2D eigenvalue weighted by molar-refractivity contribution is -0.121. The van der Waals surface area contributed by atoms with Crippen LogP contribution in [0.2, 0.25) is 0 Å². The van der Waals surface area contributed by atoms with Crippen LogP contribution < -0.4 is 5.32 Å². The minimum Gasteiger partial charge on any atom is -0.308 e. The van der Waals surface area contributed by atoms with E-state index >= 15 is 0 Å². The molecule has 80 valence electrons. The summed E-state index contributed by atoms with van der Waals surface area (Å²) in [6.45, 7) is 7.82. The number of hydrogen-bond acceptors (Lipinski definition) is 2. The predicted molar refractivity (Wildman–Crippen MR) is 53.8 cm³/mol. The highest BCUT2D eigenvalue weighted by Gasteiger charge is 2.42. The predicted octanol–water partition coefficient (Wildman–Crippen LogP) is 1.51. The van der Waals surface area contributed by atoms with Gasteiger partial charge in [-0.3, -0.25) is 10.1 Å². The molecule has 0 aromatic heterocycles. The molecule has 1 N–H and O–H groups in total. The van der Waals surface area contributed by atoms with E-state index in [0.29, 0.717) is 0 Å². The molecular weight excluding hydrogens is 180 g/mol. The van der Waals surface area contributed by atoms with E-state index in [1.165, 1.54) is 0 Å². The van der Waals surface area contributed by atoms with Crippen LogP contribution >= 0.6 is 0 Å². The van der Waals surface area contributed by atoms with Crippen LogP contribution in [0.1, 0.15) is 40.5 Å². The van der Waals surface area contributed by atoms with Crippen LogP contribution in [-0.4, -0.2) is 28.4 Å². The zero-order chi connectivity index (χ0) is 10.9. The fraction of sp³-hybridized carbons (Fsp3) is 0.800. The Labute approximate surface area is 84.7 Å². The summed E-state index contributed by atoms with van der Waals surface area (Å²) in [6, 6.07) is -0.606. The van der Waals surface area contributed by atoms with Crippen molar-refractivity contribution in [3.63, 3.8) is 0 Å². The average molecular weight is 198 g/mol. The zero-order valence-electron chi connectivity index (χ0n) is 9.26. The average Bonchev–Trinajstić information content (AvgIpc) is 2.26. The number of nitrogens with one attached hydrogen (secondary N) is 1. The van der Waals surface area contributed by atoms with Crippen molar-refractivity contribution in [2.24, 2.45) is 0 Å². The number of hydrogen-bond donors (Lipinski definition) is 1. The zero-order valence-corrected chi connectivity index (χ0v) is 9.26. The van der Waals surface area contributed by atoms with Gasteiger partial charge >= 0.3 is 6.03 Å². The van der Waals surface area contributed by atoms with Gasteiger partial charge in [0.2, 0.25) is 0 Å². The van der Waals surface area contributed by atoms with Gasteiger partial charge in [-0.15, -0.1) is 0 Å². The standard InChI is InChI=1S/C10H18N2O2/c1-5-6-10(3,4)12-7(2)8(13)11-9(12)14/h7H,5-6H2,1-4H3,(H,11,13,14)/t7-/m1/s1. The molecule has 0 bridgehead atoms. The van der Waals surface area contributed by atoms with E-state index in [2.05, 4.69) is 12.2 Å². The molecule has 1 atom stereocenters. The second kappa shape index (κ2) is 3.59. The molecule has 1 rings (SSSR count). The van der Waals surface area contributed by atoms with Crippen molar-refractivity contribution in [2.45, 2.75) is 52.1 Å². The number of rotatable bonds is 3. The molecule has 1 heterocycles. The Hall–Kier alpha value is -1.06. The van der Waals surface area contributed by atoms with E-state index in [1.807, 2.05) is 13.8 Å². The maximum Gasteiger partial charge on any atom is 0.325 e. The summed E-state index contributed by atoms with van der Waals surface area (Å²) >= 11 is 0. The second-order valence-electron chi connectivity index (χ2n) is 4.40. The summed E-state index contributed by atoms with van der Waals surface area (Å²) in [5.74, 6) is -0.195. The van der Waals surface area contributed by atoms with Gasteiger partial charge in [0.15, 0.2) is 0 Å². The first-order valence-electron chi connectivity index (χ1n) is 5.04. The van der Waals surface area contributed by atoms with E-state index in [9.17, 15) is 9.59 Å². The van der Waals surface area contributed by atoms with Crippen molar-refractivity contribution >= 4 is 11.9 Å². The molecule has 1 saturated heterocycles. The van der Waals surface area contributed by atoms with E-state index in [0.717, 1.165) is 12.8 Å². The maximum absolute atomic E-state index is 11.5. The maximum atomic E-state index is 11.5. The van der Waals surface area contributed by atoms with Crippen LogP contribution in [0.4, 0.5) is 4.79 Å². The van der Waals surface area contributed by atoms with Crippen LogP contribution in [0.5, 0.6) is 0 Å². The lowest BCUT2D eigenvalue weighted by Crippen LogP contribution is -2.49. The summed E-state index contributed by atoms with van der Waals surface area (Å²) in [6.07, 6.45) is 1.90. The highest BCUT2D eigenvalue weighted by molar-refractivity contribution is 6.04. The SMILES string of the molecule is CCCC(C)(C)N1C(=O)NC(=O)[C@H]1C. The van der Waals surface area contributed by atoms with Crippen molar-refractivity contribution in [2.75, 3.05) is 0 Å². The lowest BCUT2D eigenvalue weighted by atomic mass is 9.95. The Bertz CT molecular complexity index is 261. The van der Waals surface area contributed by atoms with Crippen molar-refractivity contribution in [1.82, 2.24) is 10.2 Å². The number of carbonyl (C=O) groups is 2. The van der Waals surface area contributed by atoms with E-state index in [-0.39, 0.29) is 23.5 Å². The molecule has 4 heteroatoms. The Morgan fingerprint density at radius 2 is 2.00 bits per heavy atom. The topological polar surface area (TPSA) is 49.4 Å². The van der Waals surface area contributed by atoms with E-state index in [4.69, 9.17) is 0 Å². The highest BCUT2D eigenvalue weighted by atomic mass is 16.2. The largest absolute Gasteiger partial charge is 0.325 e. The molecule has 0 saturated carbocycles. The molecule has 0 aromatic rings. The third-order valence-corrected chi connectivity index (χ3v) is 2.73. The number of nitrogens with zero attached hydrogens (tertiary/aromatic N) is 1. The first-order chi connectivity index (χ1) is 6.40. The normalized spacial score (nSPS) is 22.9. The summed E-state index contributed by atoms with van der Waals surface area (Å²) in [7, 11) is 0. The van der Waals surface area contributed by atoms with Crippen molar-refractivity contribution in [3.05, 3.63) is 0 Å². The fourth-order valence-corrected chi connectivity index (χ4v) is 2.09. The molecule has 0 radical (unpaired) electrons. The Morgan fingerprint density at radius 3 is 2.36 bits per heavy atom. The first kappa shape index (κ1) is 11.0. The Morgan fingerprint density at radius 1 is 1.43 bits per heavy atom. The van der Waals surface area contributed by atoms with Crippen LogP contribution in [0.15, 0.2) is 0 Å². The number of imide groups is 1. The summed E-state index contributed by atoms with van der Waals surface area (Å²) in [4.78, 5) is 24.4. The van der Waals surface area contributed by atoms with Gasteiger partial charge in [-0.25, -0.2) is 4.79 Å². The van der Waals surface area contributed by atoms with Crippen LogP contribution in [0, 0.1) is 0 Å². The van der Waals surface area contributed by atoms with Crippen molar-refractivity contribution < 1.29 is 9.59 Å². The Balaban J connectivity index is 2.86. The molecule has 0 aromatic carbocycles. The van der Waals surface area contributed by atoms with Gasteiger partial charge in [0.1, 0.15) is 6.04 Å². The fourth-order valence-electron chi connectivity index (χ4n) is 2.09. The summed E-state index contributed by atoms with van der Waals surface area (Å²) in [5, 5.41) is 2.33. The first-order valence-corrected chi connectivity index (χ1v) is 5.04. The summed E-state index contributed by atoms with van der Waals surface area (Å²) in [5.41, 5.74) is -0.246. The minimum absolute atomic E-state index is 0.195. The molecule has 3 amide bonds. The van der Waals surface area contributed by atoms with Gasteiger partial charge in [0.25, 0.3) is 5.91 Å². The lowest BCUT2D eigenvalue weighted by Gasteiger charge is -2.36. The third kappa shape index (κ3) is 1.74. The van der Waals surface area contributed by atoms with Gasteiger partial charge in [-0.2, -0.15) is 0 Å². The molecule has 0 aliphatic carbocycles. The van der Waals surface area contributed by atoms with Gasteiger partial charge in [0.05, 0.1) is 0 Å². The van der Waals surface area contributed by atoms with Gasteiger partial charge in [-0.05, 0) is 27.2 Å². The molecule has 0 spiro atoms. The molecule has 0 unspecified atom stereocenters. The molecule has 1 fully saturated rings. The summed E-state index contributed by atoms with van der Waals surface area (Å²) < 4.78 is 0. The van der Waals surface area contributed by atoms with Gasteiger partial charge in [0, 0.05) is 5.54 Å². The quantitative estimate of drug-likeness (QED) is 0.699. The molecular formula is C10H18N2O2. The van der Waals surface area contributed by atoms with Crippen molar-refractivity contribution in [1.29, 1.82) is 0 Å². The van der Waals surface area contributed by atoms with Crippen LogP contribution in [0.25, 0.3) is 0 Å². The van der Waals surface area contributed by atoms with Crippen LogP contribution in [0.3, 0.4) is 0 Å². The second-order valence-corrected chi connectivity index (χ2v) is 4.40.